The van der Waals surface area contributed by atoms with Gasteiger partial charge in [-0.05, 0) is 34.1 Å². The first-order valence-electron chi connectivity index (χ1n) is 6.67. The van der Waals surface area contributed by atoms with Gasteiger partial charge in [-0.25, -0.2) is 22.2 Å². The highest BCUT2D eigenvalue weighted by molar-refractivity contribution is 9.10. The average Bonchev–Trinajstić information content (AvgIpc) is 2.93. The van der Waals surface area contributed by atoms with Gasteiger partial charge < -0.3 is 0 Å². The highest BCUT2D eigenvalue weighted by Crippen LogP contribution is 2.27. The molecule has 0 spiro atoms. The molecule has 1 aromatic carbocycles. The maximum Gasteiger partial charge on any atom is 0.230 e. The second-order valence-corrected chi connectivity index (χ2v) is 7.77. The smallest absolute Gasteiger partial charge is 0.230 e. The first kappa shape index (κ1) is 17.4. The third-order valence-electron chi connectivity index (χ3n) is 3.22. The van der Waals surface area contributed by atoms with E-state index in [2.05, 4.69) is 31.1 Å². The number of nitrogens with one attached hydrogen (secondary N) is 2. The Bertz CT molecular complexity index is 1110. The van der Waals surface area contributed by atoms with E-state index in [0.29, 0.717) is 15.5 Å². The van der Waals surface area contributed by atoms with Gasteiger partial charge in [0, 0.05) is 10.7 Å². The summed E-state index contributed by atoms with van der Waals surface area (Å²) in [5, 5.41) is 6.70. The van der Waals surface area contributed by atoms with Gasteiger partial charge >= 0.3 is 0 Å². The van der Waals surface area contributed by atoms with Crippen molar-refractivity contribution in [3.8, 4) is 0 Å². The quantitative estimate of drug-likeness (QED) is 0.618. The molecule has 0 fully saturated rings. The fraction of sp³-hybridized carbons (Fsp3) is 0.0714. The monoisotopic (exact) mass is 430 g/mol. The minimum Gasteiger partial charge on any atom is -0.287 e. The number of hydrogen-bond acceptors (Lipinski definition) is 5. The third-order valence-corrected chi connectivity index (χ3v) is 4.23. The highest BCUT2D eigenvalue weighted by atomic mass is 79.9. The summed E-state index contributed by atoms with van der Waals surface area (Å²) < 4.78 is 53.1. The lowest BCUT2D eigenvalue weighted by Gasteiger charge is -2.09. The largest absolute Gasteiger partial charge is 0.287 e. The predicted molar refractivity (Wildman–Crippen MR) is 89.8 cm³/mol. The first-order valence-corrected chi connectivity index (χ1v) is 9.36. The number of H-pyrrole nitrogens is 1. The number of rotatable bonds is 4. The summed E-state index contributed by atoms with van der Waals surface area (Å²) in [6.45, 7) is 0. The summed E-state index contributed by atoms with van der Waals surface area (Å²) in [4.78, 5) is 16.6. The molecule has 0 aliphatic rings. The maximum absolute atomic E-state index is 14.5. The molecule has 25 heavy (non-hydrogen) atoms. The van der Waals surface area contributed by atoms with E-state index in [1.54, 1.807) is 10.8 Å². The number of hydrogen-bond donors (Lipinski definition) is 2. The van der Waals surface area contributed by atoms with E-state index >= 15 is 0 Å². The molecular formula is C14H9BrF2N4O3S. The Hall–Kier alpha value is -2.40. The lowest BCUT2D eigenvalue weighted by molar-refractivity contribution is 0.103. The van der Waals surface area contributed by atoms with Gasteiger partial charge in [-0.3, -0.25) is 14.6 Å². The van der Waals surface area contributed by atoms with Crippen molar-refractivity contribution in [2.24, 2.45) is 0 Å². The van der Waals surface area contributed by atoms with Crippen molar-refractivity contribution in [3.05, 3.63) is 51.8 Å². The number of aromatic amines is 1. The zero-order valence-corrected chi connectivity index (χ0v) is 14.9. The van der Waals surface area contributed by atoms with Crippen LogP contribution >= 0.6 is 15.9 Å². The number of aromatic nitrogens is 3. The number of anilines is 1. The summed E-state index contributed by atoms with van der Waals surface area (Å²) >= 11 is 3.21. The molecule has 11 heteroatoms. The maximum atomic E-state index is 14.5. The van der Waals surface area contributed by atoms with E-state index < -0.39 is 38.7 Å². The SMILES string of the molecule is CS(=O)(=O)Nc1c(F)ccc(C(=O)c2n[nH]c3ncc(Br)cc23)c1F. The Balaban J connectivity index is 2.14. The Kier molecular flexibility index (Phi) is 4.29. The number of pyridine rings is 1. The number of carbonyl (C=O) groups excluding carboxylic acids is 1. The van der Waals surface area contributed by atoms with Crippen molar-refractivity contribution in [1.82, 2.24) is 15.2 Å². The van der Waals surface area contributed by atoms with E-state index in [1.165, 1.54) is 6.20 Å². The molecule has 0 radical (unpaired) electrons. The number of carbonyl (C=O) groups is 1. The molecule has 3 aromatic rings. The average molecular weight is 431 g/mol. The van der Waals surface area contributed by atoms with Crippen LogP contribution in [-0.2, 0) is 10.0 Å². The van der Waals surface area contributed by atoms with E-state index in [4.69, 9.17) is 0 Å². The lowest BCUT2D eigenvalue weighted by Crippen LogP contribution is -2.15. The van der Waals surface area contributed by atoms with Gasteiger partial charge in [-0.2, -0.15) is 5.10 Å². The van der Waals surface area contributed by atoms with Gasteiger partial charge in [0.1, 0.15) is 17.2 Å². The summed E-state index contributed by atoms with van der Waals surface area (Å²) in [7, 11) is -3.94. The zero-order chi connectivity index (χ0) is 18.4. The molecule has 130 valence electrons. The van der Waals surface area contributed by atoms with Crippen molar-refractivity contribution in [1.29, 1.82) is 0 Å². The molecule has 0 unspecified atom stereocenters. The minimum atomic E-state index is -3.94. The van der Waals surface area contributed by atoms with Crippen LogP contribution in [0.5, 0.6) is 0 Å². The van der Waals surface area contributed by atoms with Crippen molar-refractivity contribution in [2.75, 3.05) is 11.0 Å². The van der Waals surface area contributed by atoms with E-state index in [1.807, 2.05) is 0 Å². The number of halogens is 3. The fourth-order valence-electron chi connectivity index (χ4n) is 2.19. The van der Waals surface area contributed by atoms with Crippen LogP contribution in [0.15, 0.2) is 28.9 Å². The molecule has 0 aliphatic heterocycles. The number of sulfonamides is 1. The molecular weight excluding hydrogens is 422 g/mol. The van der Waals surface area contributed by atoms with Gasteiger partial charge in [0.15, 0.2) is 11.5 Å². The van der Waals surface area contributed by atoms with Gasteiger partial charge in [-0.15, -0.1) is 0 Å². The lowest BCUT2D eigenvalue weighted by atomic mass is 10.0. The van der Waals surface area contributed by atoms with Crippen LogP contribution in [-0.4, -0.2) is 35.6 Å². The molecule has 0 saturated heterocycles. The third kappa shape index (κ3) is 3.37. The molecule has 2 heterocycles. The number of fused-ring (bicyclic) bond motifs is 1. The molecule has 2 N–H and O–H groups in total. The second-order valence-electron chi connectivity index (χ2n) is 5.11. The Morgan fingerprint density at radius 1 is 1.32 bits per heavy atom. The van der Waals surface area contributed by atoms with Crippen molar-refractivity contribution in [3.63, 3.8) is 0 Å². The van der Waals surface area contributed by atoms with Gasteiger partial charge in [0.05, 0.1) is 17.2 Å². The van der Waals surface area contributed by atoms with Crippen LogP contribution in [0, 0.1) is 11.6 Å². The molecule has 0 atom stereocenters. The van der Waals surface area contributed by atoms with Crippen molar-refractivity contribution < 1.29 is 22.0 Å². The van der Waals surface area contributed by atoms with Gasteiger partial charge in [-0.1, -0.05) is 0 Å². The summed E-state index contributed by atoms with van der Waals surface area (Å²) in [5.74, 6) is -3.31. The molecule has 0 aliphatic carbocycles. The van der Waals surface area contributed by atoms with E-state index in [-0.39, 0.29) is 5.69 Å². The Labute approximate surface area is 148 Å². The van der Waals surface area contributed by atoms with Crippen molar-refractivity contribution >= 4 is 48.5 Å². The molecule has 2 aromatic heterocycles. The van der Waals surface area contributed by atoms with Crippen LogP contribution in [0.1, 0.15) is 16.1 Å². The van der Waals surface area contributed by atoms with E-state index in [0.717, 1.165) is 18.4 Å². The Morgan fingerprint density at radius 2 is 2.04 bits per heavy atom. The highest BCUT2D eigenvalue weighted by Gasteiger charge is 2.24. The van der Waals surface area contributed by atoms with Crippen LogP contribution in [0.4, 0.5) is 14.5 Å². The predicted octanol–water partition coefficient (Wildman–Crippen LogP) is 2.60. The standard InChI is InChI=1S/C14H9BrF2N4O3S/c1-25(23,24)21-12-9(16)3-2-7(10(12)17)13(22)11-8-4-6(15)5-18-14(8)20-19-11/h2-5,21H,1H3,(H,18,19,20). The number of ketones is 1. The molecule has 0 bridgehead atoms. The van der Waals surface area contributed by atoms with Crippen LogP contribution in [0.2, 0.25) is 0 Å². The zero-order valence-electron chi connectivity index (χ0n) is 12.5. The number of benzene rings is 1. The number of nitrogens with zero attached hydrogens (tertiary/aromatic N) is 2. The topological polar surface area (TPSA) is 105 Å². The van der Waals surface area contributed by atoms with Gasteiger partial charge in [0.25, 0.3) is 0 Å². The fourth-order valence-corrected chi connectivity index (χ4v) is 3.07. The van der Waals surface area contributed by atoms with E-state index in [9.17, 15) is 22.0 Å². The molecule has 0 amide bonds. The molecule has 7 nitrogen and oxygen atoms in total. The van der Waals surface area contributed by atoms with Crippen LogP contribution < -0.4 is 4.72 Å². The van der Waals surface area contributed by atoms with Gasteiger partial charge in [0.2, 0.25) is 15.8 Å². The van der Waals surface area contributed by atoms with Crippen LogP contribution in [0.3, 0.4) is 0 Å². The Morgan fingerprint density at radius 3 is 2.72 bits per heavy atom. The summed E-state index contributed by atoms with van der Waals surface area (Å²) in [6.07, 6.45) is 2.23. The van der Waals surface area contributed by atoms with Crippen LogP contribution in [0.25, 0.3) is 11.0 Å². The molecule has 0 saturated carbocycles. The van der Waals surface area contributed by atoms with Crippen molar-refractivity contribution in [2.45, 2.75) is 0 Å². The first-order chi connectivity index (χ1) is 11.7. The summed E-state index contributed by atoms with van der Waals surface area (Å²) in [5.41, 5.74) is -1.27. The molecule has 3 rings (SSSR count). The summed E-state index contributed by atoms with van der Waals surface area (Å²) in [6, 6.07) is 3.29. The normalized spacial score (nSPS) is 11.7. The minimum absolute atomic E-state index is 0.125. The second kappa shape index (κ2) is 6.15.